The number of hydrogen-bond donors (Lipinski definition) is 6. The van der Waals surface area contributed by atoms with E-state index in [0.29, 0.717) is 11.1 Å². The van der Waals surface area contributed by atoms with E-state index in [2.05, 4.69) is 0 Å². The third-order valence-electron chi connectivity index (χ3n) is 4.94. The number of phenolic OH excluding ortho intramolecular Hbond substituents is 3. The molecule has 0 amide bonds. The summed E-state index contributed by atoms with van der Waals surface area (Å²) in [7, 11) is 0. The van der Waals surface area contributed by atoms with Crippen LogP contribution < -0.4 is 0 Å². The summed E-state index contributed by atoms with van der Waals surface area (Å²) in [6.07, 6.45) is -1.12. The Bertz CT molecular complexity index is 1170. The SMILES string of the molecule is O=C(O)Cc1ccc(O)c(-c2cc(CC(=O)O)cc(-c3cc(CC(=O)O)ccc3O)c2O)c1. The van der Waals surface area contributed by atoms with Gasteiger partial charge in [0.15, 0.2) is 0 Å². The highest BCUT2D eigenvalue weighted by atomic mass is 16.4. The fourth-order valence-electron chi connectivity index (χ4n) is 3.55. The van der Waals surface area contributed by atoms with Crippen molar-refractivity contribution in [1.82, 2.24) is 0 Å². The van der Waals surface area contributed by atoms with Crippen LogP contribution in [-0.2, 0) is 33.6 Å². The Morgan fingerprint density at radius 1 is 0.515 bits per heavy atom. The zero-order valence-corrected chi connectivity index (χ0v) is 17.1. The molecule has 33 heavy (non-hydrogen) atoms. The molecule has 3 aromatic rings. The van der Waals surface area contributed by atoms with E-state index in [1.807, 2.05) is 0 Å². The van der Waals surface area contributed by atoms with E-state index >= 15 is 0 Å². The molecule has 0 saturated carbocycles. The lowest BCUT2D eigenvalue weighted by atomic mass is 9.91. The predicted molar refractivity (Wildman–Crippen MR) is 116 cm³/mol. The van der Waals surface area contributed by atoms with Gasteiger partial charge in [-0.25, -0.2) is 0 Å². The van der Waals surface area contributed by atoms with Crippen LogP contribution in [0.1, 0.15) is 16.7 Å². The molecule has 6 N–H and O–H groups in total. The Kier molecular flexibility index (Phi) is 6.53. The summed E-state index contributed by atoms with van der Waals surface area (Å²) in [5.41, 5.74) is 1.10. The molecule has 0 unspecified atom stereocenters. The molecular weight excluding hydrogens is 432 g/mol. The summed E-state index contributed by atoms with van der Waals surface area (Å²) in [6.45, 7) is 0. The van der Waals surface area contributed by atoms with E-state index < -0.39 is 30.1 Å². The highest BCUT2D eigenvalue weighted by Gasteiger charge is 2.20. The van der Waals surface area contributed by atoms with Crippen molar-refractivity contribution in [2.24, 2.45) is 0 Å². The average molecular weight is 452 g/mol. The number of rotatable bonds is 8. The van der Waals surface area contributed by atoms with Crippen LogP contribution in [0.15, 0.2) is 48.5 Å². The first-order chi connectivity index (χ1) is 15.5. The Morgan fingerprint density at radius 3 is 1.21 bits per heavy atom. The van der Waals surface area contributed by atoms with Gasteiger partial charge in [-0.3, -0.25) is 14.4 Å². The Hall–Kier alpha value is -4.53. The quantitative estimate of drug-likeness (QED) is 0.300. The van der Waals surface area contributed by atoms with Crippen molar-refractivity contribution in [3.63, 3.8) is 0 Å². The lowest BCUT2D eigenvalue weighted by molar-refractivity contribution is -0.137. The van der Waals surface area contributed by atoms with E-state index in [1.54, 1.807) is 0 Å². The van der Waals surface area contributed by atoms with Crippen LogP contribution in [0.3, 0.4) is 0 Å². The molecule has 3 rings (SSSR count). The molecular formula is C24H20O9. The third kappa shape index (κ3) is 5.40. The summed E-state index contributed by atoms with van der Waals surface area (Å²) in [5, 5.41) is 59.2. The standard InChI is InChI=1S/C24H20O9/c25-19-3-1-12(9-21(27)28)5-15(19)17-7-14(11-23(31)32)8-18(24(17)33)16-6-13(10-22(29)30)2-4-20(16)26/h1-8,25-26,33H,9-11H2,(H,27,28)(H,29,30)(H,31,32). The van der Waals surface area contributed by atoms with Gasteiger partial charge in [0.2, 0.25) is 0 Å². The molecule has 0 spiro atoms. The second kappa shape index (κ2) is 9.31. The van der Waals surface area contributed by atoms with Crippen molar-refractivity contribution in [1.29, 1.82) is 0 Å². The number of carboxylic acid groups (broad SMARTS) is 3. The van der Waals surface area contributed by atoms with Crippen LogP contribution in [0.5, 0.6) is 17.2 Å². The number of carbonyl (C=O) groups is 3. The normalized spacial score (nSPS) is 10.7. The molecule has 0 saturated heterocycles. The molecule has 0 bridgehead atoms. The number of hydrogen-bond acceptors (Lipinski definition) is 6. The van der Waals surface area contributed by atoms with Crippen molar-refractivity contribution < 1.29 is 45.0 Å². The van der Waals surface area contributed by atoms with E-state index in [0.717, 1.165) is 0 Å². The predicted octanol–water partition coefficient (Wildman–Crippen LogP) is 3.02. The molecule has 0 atom stereocenters. The van der Waals surface area contributed by atoms with Gasteiger partial charge in [-0.2, -0.15) is 0 Å². The van der Waals surface area contributed by atoms with Crippen molar-refractivity contribution in [2.45, 2.75) is 19.3 Å². The lowest BCUT2D eigenvalue weighted by Gasteiger charge is -2.16. The van der Waals surface area contributed by atoms with Gasteiger partial charge in [0.05, 0.1) is 19.3 Å². The van der Waals surface area contributed by atoms with Crippen molar-refractivity contribution in [2.75, 3.05) is 0 Å². The van der Waals surface area contributed by atoms with Crippen LogP contribution in [0.25, 0.3) is 22.3 Å². The maximum absolute atomic E-state index is 11.3. The minimum absolute atomic E-state index is 0.0246. The molecule has 0 aromatic heterocycles. The largest absolute Gasteiger partial charge is 0.507 e. The summed E-state index contributed by atoms with van der Waals surface area (Å²) in [6, 6.07) is 10.8. The van der Waals surface area contributed by atoms with Gasteiger partial charge in [-0.1, -0.05) is 12.1 Å². The summed E-state index contributed by atoms with van der Waals surface area (Å²) in [4.78, 5) is 33.5. The van der Waals surface area contributed by atoms with E-state index in [4.69, 9.17) is 10.2 Å². The molecule has 0 radical (unpaired) electrons. The van der Waals surface area contributed by atoms with Crippen LogP contribution >= 0.6 is 0 Å². The van der Waals surface area contributed by atoms with E-state index in [-0.39, 0.29) is 52.2 Å². The fraction of sp³-hybridized carbons (Fsp3) is 0.125. The van der Waals surface area contributed by atoms with Gasteiger partial charge >= 0.3 is 17.9 Å². The second-order valence-electron chi connectivity index (χ2n) is 7.45. The molecule has 0 heterocycles. The molecule has 0 aliphatic carbocycles. The Balaban J connectivity index is 2.27. The number of aromatic hydroxyl groups is 3. The van der Waals surface area contributed by atoms with E-state index in [1.165, 1.54) is 48.5 Å². The van der Waals surface area contributed by atoms with Gasteiger partial charge in [0.1, 0.15) is 17.2 Å². The zero-order valence-electron chi connectivity index (χ0n) is 17.1. The molecule has 3 aromatic carbocycles. The number of benzene rings is 3. The van der Waals surface area contributed by atoms with Crippen LogP contribution in [0.2, 0.25) is 0 Å². The van der Waals surface area contributed by atoms with Crippen LogP contribution in [-0.4, -0.2) is 48.5 Å². The van der Waals surface area contributed by atoms with Crippen LogP contribution in [0.4, 0.5) is 0 Å². The van der Waals surface area contributed by atoms with Crippen molar-refractivity contribution >= 4 is 17.9 Å². The number of aliphatic carboxylic acids is 3. The molecule has 9 nitrogen and oxygen atoms in total. The summed E-state index contributed by atoms with van der Waals surface area (Å²) in [5.74, 6) is -4.32. The fourth-order valence-corrected chi connectivity index (χ4v) is 3.55. The number of phenols is 3. The lowest BCUT2D eigenvalue weighted by Crippen LogP contribution is -2.02. The molecule has 0 aliphatic rings. The molecule has 170 valence electrons. The average Bonchev–Trinajstić information content (AvgIpc) is 2.71. The second-order valence-corrected chi connectivity index (χ2v) is 7.45. The molecule has 0 fully saturated rings. The van der Waals surface area contributed by atoms with Crippen molar-refractivity contribution in [3.05, 3.63) is 65.2 Å². The third-order valence-corrected chi connectivity index (χ3v) is 4.94. The summed E-state index contributed by atoms with van der Waals surface area (Å²) < 4.78 is 0. The molecule has 9 heteroatoms. The first-order valence-electron chi connectivity index (χ1n) is 9.71. The highest BCUT2D eigenvalue weighted by Crippen LogP contribution is 2.45. The highest BCUT2D eigenvalue weighted by molar-refractivity contribution is 5.88. The minimum Gasteiger partial charge on any atom is -0.507 e. The van der Waals surface area contributed by atoms with Gasteiger partial charge in [-0.05, 0) is 53.1 Å². The Morgan fingerprint density at radius 2 is 0.848 bits per heavy atom. The van der Waals surface area contributed by atoms with Crippen LogP contribution in [0, 0.1) is 0 Å². The molecule has 0 aliphatic heterocycles. The van der Waals surface area contributed by atoms with Gasteiger partial charge < -0.3 is 30.6 Å². The smallest absolute Gasteiger partial charge is 0.307 e. The van der Waals surface area contributed by atoms with Gasteiger partial charge in [-0.15, -0.1) is 0 Å². The van der Waals surface area contributed by atoms with Gasteiger partial charge in [0, 0.05) is 22.3 Å². The zero-order chi connectivity index (χ0) is 24.3. The van der Waals surface area contributed by atoms with Gasteiger partial charge in [0.25, 0.3) is 0 Å². The summed E-state index contributed by atoms with van der Waals surface area (Å²) >= 11 is 0. The maximum Gasteiger partial charge on any atom is 0.307 e. The monoisotopic (exact) mass is 452 g/mol. The Labute approximate surface area is 187 Å². The minimum atomic E-state index is -1.16. The first kappa shape index (κ1) is 23.1. The topological polar surface area (TPSA) is 173 Å². The number of carboxylic acids is 3. The van der Waals surface area contributed by atoms with Crippen molar-refractivity contribution in [3.8, 4) is 39.5 Å². The van der Waals surface area contributed by atoms with E-state index in [9.17, 15) is 34.8 Å². The first-order valence-corrected chi connectivity index (χ1v) is 9.71. The maximum atomic E-state index is 11.3.